The molecule has 2 aromatic rings. The molecule has 0 radical (unpaired) electrons. The molecular weight excluding hydrogens is 260 g/mol. The van der Waals surface area contributed by atoms with Gasteiger partial charge in [0.25, 0.3) is 0 Å². The van der Waals surface area contributed by atoms with Crippen LogP contribution in [0, 0.1) is 10.8 Å². The first-order valence-corrected chi connectivity index (χ1v) is 8.18. The van der Waals surface area contributed by atoms with E-state index in [1.54, 1.807) is 0 Å². The Balaban J connectivity index is 2.14. The van der Waals surface area contributed by atoms with Gasteiger partial charge in [0.1, 0.15) is 0 Å². The minimum absolute atomic E-state index is 0.113. The van der Waals surface area contributed by atoms with Gasteiger partial charge in [-0.15, -0.1) is 11.3 Å². The van der Waals surface area contributed by atoms with Gasteiger partial charge in [-0.2, -0.15) is 0 Å². The highest BCUT2D eigenvalue weighted by atomic mass is 32.1. The van der Waals surface area contributed by atoms with Crippen LogP contribution < -0.4 is 0 Å². The van der Waals surface area contributed by atoms with Crippen molar-refractivity contribution in [2.24, 2.45) is 10.8 Å². The molecule has 104 valence electrons. The Bertz CT molecular complexity index is 700. The summed E-state index contributed by atoms with van der Waals surface area (Å²) >= 11 is 1.89. The average Bonchev–Trinajstić information content (AvgIpc) is 2.71. The molecule has 0 amide bonds. The summed E-state index contributed by atoms with van der Waals surface area (Å²) < 4.78 is 1.38. The van der Waals surface area contributed by atoms with Crippen LogP contribution in [0.4, 0.5) is 0 Å². The number of benzene rings is 1. The van der Waals surface area contributed by atoms with Crippen molar-refractivity contribution in [3.05, 3.63) is 46.9 Å². The maximum atomic E-state index is 2.40. The van der Waals surface area contributed by atoms with Crippen molar-refractivity contribution in [3.63, 3.8) is 0 Å². The Hall–Kier alpha value is -1.34. The minimum atomic E-state index is 0.113. The summed E-state index contributed by atoms with van der Waals surface area (Å²) in [6, 6.07) is 8.70. The average molecular weight is 282 g/mol. The van der Waals surface area contributed by atoms with Crippen LogP contribution in [0.25, 0.3) is 22.2 Å². The Labute approximate surface area is 125 Å². The molecule has 0 spiro atoms. The first-order chi connectivity index (χ1) is 9.47. The maximum Gasteiger partial charge on any atom is 0.0355 e. The zero-order valence-electron chi connectivity index (χ0n) is 12.7. The number of fused-ring (bicyclic) bond motifs is 3. The van der Waals surface area contributed by atoms with E-state index in [0.717, 1.165) is 0 Å². The molecule has 20 heavy (non-hydrogen) atoms. The molecule has 0 saturated carbocycles. The molecule has 1 aliphatic rings. The monoisotopic (exact) mass is 282 g/mol. The summed E-state index contributed by atoms with van der Waals surface area (Å²) in [5, 5.41) is 1.38. The van der Waals surface area contributed by atoms with E-state index >= 15 is 0 Å². The molecule has 1 aliphatic carbocycles. The van der Waals surface area contributed by atoms with E-state index in [1.807, 2.05) is 11.3 Å². The van der Waals surface area contributed by atoms with Crippen molar-refractivity contribution >= 4 is 33.6 Å². The summed E-state index contributed by atoms with van der Waals surface area (Å²) in [6.45, 7) is 9.35. The molecule has 1 atom stereocenters. The molecule has 1 aromatic heterocycles. The van der Waals surface area contributed by atoms with Gasteiger partial charge in [-0.3, -0.25) is 0 Å². The van der Waals surface area contributed by atoms with Gasteiger partial charge < -0.3 is 0 Å². The van der Waals surface area contributed by atoms with Crippen molar-refractivity contribution in [2.45, 2.75) is 34.1 Å². The molecular formula is C19H22S. The number of hydrogen-bond acceptors (Lipinski definition) is 1. The van der Waals surface area contributed by atoms with E-state index < -0.39 is 0 Å². The molecule has 3 rings (SSSR count). The van der Waals surface area contributed by atoms with Crippen LogP contribution in [0.1, 0.15) is 44.6 Å². The fraction of sp³-hybridized carbons (Fsp3) is 0.368. The highest BCUT2D eigenvalue weighted by Gasteiger charge is 2.36. The first-order valence-electron chi connectivity index (χ1n) is 7.37. The van der Waals surface area contributed by atoms with Gasteiger partial charge in [-0.1, -0.05) is 64.1 Å². The quantitative estimate of drug-likeness (QED) is 0.599. The van der Waals surface area contributed by atoms with Crippen LogP contribution in [0.3, 0.4) is 0 Å². The van der Waals surface area contributed by atoms with Gasteiger partial charge in [0, 0.05) is 25.9 Å². The van der Waals surface area contributed by atoms with Gasteiger partial charge in [0.15, 0.2) is 0 Å². The van der Waals surface area contributed by atoms with E-state index in [2.05, 4.69) is 76.3 Å². The Kier molecular flexibility index (Phi) is 3.13. The lowest BCUT2D eigenvalue weighted by atomic mass is 9.65. The first kappa shape index (κ1) is 13.6. The smallest absolute Gasteiger partial charge is 0.0355 e. The molecule has 0 aliphatic heterocycles. The fourth-order valence-electron chi connectivity index (χ4n) is 2.77. The highest BCUT2D eigenvalue weighted by molar-refractivity contribution is 7.20. The van der Waals surface area contributed by atoms with Gasteiger partial charge in [0.2, 0.25) is 0 Å². The lowest BCUT2D eigenvalue weighted by Gasteiger charge is -2.39. The minimum Gasteiger partial charge on any atom is -0.135 e. The molecule has 1 heteroatoms. The van der Waals surface area contributed by atoms with E-state index in [1.165, 1.54) is 26.9 Å². The summed E-state index contributed by atoms with van der Waals surface area (Å²) in [5.74, 6) is 0. The number of allylic oxidation sites excluding steroid dienone is 2. The third kappa shape index (κ3) is 1.96. The van der Waals surface area contributed by atoms with Gasteiger partial charge in [-0.25, -0.2) is 0 Å². The summed E-state index contributed by atoms with van der Waals surface area (Å²) in [4.78, 5) is 1.39. The van der Waals surface area contributed by atoms with E-state index in [-0.39, 0.29) is 10.8 Å². The Morgan fingerprint density at radius 1 is 1.10 bits per heavy atom. The second kappa shape index (κ2) is 4.60. The SMILES string of the molecule is CCC(C)(C)C1(C)C=Cc2sc3ccccc3c2C=C1. The molecule has 0 nitrogen and oxygen atoms in total. The van der Waals surface area contributed by atoms with Gasteiger partial charge >= 0.3 is 0 Å². The second-order valence-corrected chi connectivity index (χ2v) is 7.65. The third-order valence-electron chi connectivity index (χ3n) is 5.18. The van der Waals surface area contributed by atoms with E-state index in [0.29, 0.717) is 0 Å². The highest BCUT2D eigenvalue weighted by Crippen LogP contribution is 2.47. The van der Waals surface area contributed by atoms with Crippen molar-refractivity contribution in [1.82, 2.24) is 0 Å². The predicted octanol–water partition coefficient (Wildman–Crippen LogP) is 6.38. The van der Waals surface area contributed by atoms with Crippen LogP contribution in [-0.2, 0) is 0 Å². The zero-order chi connectivity index (χ0) is 14.4. The lowest BCUT2D eigenvalue weighted by molar-refractivity contribution is 0.192. The van der Waals surface area contributed by atoms with Crippen molar-refractivity contribution in [1.29, 1.82) is 0 Å². The van der Waals surface area contributed by atoms with Crippen molar-refractivity contribution in [2.75, 3.05) is 0 Å². The zero-order valence-corrected chi connectivity index (χ0v) is 13.6. The largest absolute Gasteiger partial charge is 0.135 e. The molecule has 0 N–H and O–H groups in total. The summed E-state index contributed by atoms with van der Waals surface area (Å²) in [7, 11) is 0. The molecule has 1 unspecified atom stereocenters. The number of rotatable bonds is 2. The number of thiophene rings is 1. The normalized spacial score (nSPS) is 22.0. The summed E-state index contributed by atoms with van der Waals surface area (Å²) in [6.07, 6.45) is 10.6. The van der Waals surface area contributed by atoms with Gasteiger partial charge in [-0.05, 0) is 24.0 Å². The second-order valence-electron chi connectivity index (χ2n) is 6.56. The summed E-state index contributed by atoms with van der Waals surface area (Å²) in [5.41, 5.74) is 1.77. The lowest BCUT2D eigenvalue weighted by Crippen LogP contribution is -2.30. The molecule has 1 aromatic carbocycles. The van der Waals surface area contributed by atoms with Gasteiger partial charge in [0.05, 0.1) is 0 Å². The molecule has 0 fully saturated rings. The van der Waals surface area contributed by atoms with Crippen LogP contribution in [0.2, 0.25) is 0 Å². The molecule has 0 bridgehead atoms. The maximum absolute atomic E-state index is 2.40. The Morgan fingerprint density at radius 2 is 1.80 bits per heavy atom. The third-order valence-corrected chi connectivity index (χ3v) is 6.33. The van der Waals surface area contributed by atoms with Crippen molar-refractivity contribution in [3.8, 4) is 0 Å². The van der Waals surface area contributed by atoms with Crippen molar-refractivity contribution < 1.29 is 0 Å². The fourth-order valence-corrected chi connectivity index (χ4v) is 3.87. The van der Waals surface area contributed by atoms with Crippen LogP contribution in [0.15, 0.2) is 36.4 Å². The predicted molar refractivity (Wildman–Crippen MR) is 92.1 cm³/mol. The standard InChI is InChI=1S/C19H22S/c1-5-18(2,3)19(4)12-10-15-14-8-6-7-9-16(14)20-17(15)11-13-19/h6-13H,5H2,1-4H3. The van der Waals surface area contributed by atoms with Crippen LogP contribution >= 0.6 is 11.3 Å². The van der Waals surface area contributed by atoms with E-state index in [9.17, 15) is 0 Å². The topological polar surface area (TPSA) is 0 Å². The molecule has 1 heterocycles. The van der Waals surface area contributed by atoms with E-state index in [4.69, 9.17) is 0 Å². The molecule has 0 saturated heterocycles. The Morgan fingerprint density at radius 3 is 2.55 bits per heavy atom. The van der Waals surface area contributed by atoms with Crippen LogP contribution in [0.5, 0.6) is 0 Å². The van der Waals surface area contributed by atoms with Crippen LogP contribution in [-0.4, -0.2) is 0 Å². The number of hydrogen-bond donors (Lipinski definition) is 0.